The maximum absolute atomic E-state index is 14.6. The first kappa shape index (κ1) is 25.8. The van der Waals surface area contributed by atoms with Gasteiger partial charge in [0.25, 0.3) is 0 Å². The van der Waals surface area contributed by atoms with Crippen LogP contribution in [0.4, 0.5) is 22.0 Å². The molecule has 0 aromatic rings. The van der Waals surface area contributed by atoms with Gasteiger partial charge in [-0.25, -0.2) is 9.59 Å². The van der Waals surface area contributed by atoms with E-state index < -0.39 is 50.2 Å². The van der Waals surface area contributed by atoms with Crippen LogP contribution in [0.5, 0.6) is 0 Å². The Morgan fingerprint density at radius 1 is 0.852 bits per heavy atom. The van der Waals surface area contributed by atoms with Gasteiger partial charge in [-0.05, 0) is 46.3 Å². The fourth-order valence-corrected chi connectivity index (χ4v) is 3.06. The average Bonchev–Trinajstić information content (AvgIpc) is 2.49. The van der Waals surface area contributed by atoms with Crippen LogP contribution in [0.1, 0.15) is 40.5 Å². The van der Waals surface area contributed by atoms with Gasteiger partial charge in [0.1, 0.15) is 0 Å². The zero-order valence-electron chi connectivity index (χ0n) is 16.5. The molecule has 2 atom stereocenters. The van der Waals surface area contributed by atoms with Crippen molar-refractivity contribution in [3.8, 4) is 0 Å². The lowest BCUT2D eigenvalue weighted by atomic mass is 9.94. The Bertz CT molecular complexity index is 506. The van der Waals surface area contributed by atoms with E-state index in [1.54, 1.807) is 0 Å². The first-order chi connectivity index (χ1) is 12.0. The van der Waals surface area contributed by atoms with Gasteiger partial charge in [0.05, 0.1) is 12.2 Å². The first-order valence-corrected chi connectivity index (χ1v) is 11.9. The van der Waals surface area contributed by atoms with Crippen LogP contribution in [-0.2, 0) is 23.5 Å². The smallest absolute Gasteiger partial charge is 0.457 e. The predicted octanol–water partition coefficient (Wildman–Crippen LogP) is 4.46. The maximum Gasteiger partial charge on any atom is 0.457 e. The van der Waals surface area contributed by atoms with Crippen molar-refractivity contribution in [2.45, 2.75) is 90.1 Å². The van der Waals surface area contributed by atoms with Crippen LogP contribution in [-0.4, -0.2) is 50.2 Å². The highest BCUT2D eigenvalue weighted by molar-refractivity contribution is 6.70. The van der Waals surface area contributed by atoms with Crippen LogP contribution in [0.25, 0.3) is 0 Å². The molecule has 0 amide bonds. The number of esters is 2. The van der Waals surface area contributed by atoms with E-state index in [-0.39, 0.29) is 12.8 Å². The summed E-state index contributed by atoms with van der Waals surface area (Å²) in [6.07, 6.45) is -8.01. The fourth-order valence-electron chi connectivity index (χ4n) is 1.84. The molecule has 0 aliphatic heterocycles. The van der Waals surface area contributed by atoms with E-state index in [0.29, 0.717) is 0 Å². The van der Waals surface area contributed by atoms with Crippen molar-refractivity contribution in [3.63, 3.8) is 0 Å². The molecule has 0 heterocycles. The van der Waals surface area contributed by atoms with E-state index in [4.69, 9.17) is 13.9 Å². The molecule has 0 rings (SSSR count). The number of carbonyl (C=O) groups excluding carboxylic acids is 2. The highest BCUT2D eigenvalue weighted by atomic mass is 28.4. The third-order valence-corrected chi connectivity index (χ3v) is 4.52. The number of halogens is 5. The maximum atomic E-state index is 14.6. The van der Waals surface area contributed by atoms with E-state index >= 15 is 0 Å². The lowest BCUT2D eigenvalue weighted by Crippen LogP contribution is -2.71. The molecule has 0 spiro atoms. The summed E-state index contributed by atoms with van der Waals surface area (Å²) >= 11 is 0. The highest BCUT2D eigenvalue weighted by Crippen LogP contribution is 2.48. The Labute approximate surface area is 156 Å². The van der Waals surface area contributed by atoms with Crippen LogP contribution in [0.3, 0.4) is 0 Å². The minimum atomic E-state index is -6.25. The van der Waals surface area contributed by atoms with Crippen LogP contribution in [0, 0.1) is 0 Å². The van der Waals surface area contributed by atoms with E-state index in [2.05, 4.69) is 0 Å². The molecule has 0 N–H and O–H groups in total. The Hall–Kier alpha value is -1.23. The van der Waals surface area contributed by atoms with Crippen LogP contribution < -0.4 is 0 Å². The van der Waals surface area contributed by atoms with Crippen molar-refractivity contribution in [1.29, 1.82) is 0 Å². The van der Waals surface area contributed by atoms with Gasteiger partial charge in [0.2, 0.25) is 0 Å². The Morgan fingerprint density at radius 2 is 1.19 bits per heavy atom. The van der Waals surface area contributed by atoms with Crippen molar-refractivity contribution >= 4 is 20.3 Å². The predicted molar refractivity (Wildman–Crippen MR) is 89.9 cm³/mol. The van der Waals surface area contributed by atoms with Crippen molar-refractivity contribution < 1.29 is 45.4 Å². The summed E-state index contributed by atoms with van der Waals surface area (Å²) in [7, 11) is -3.31. The van der Waals surface area contributed by atoms with Gasteiger partial charge >= 0.3 is 29.6 Å². The molecule has 2 unspecified atom stereocenters. The molecule has 160 valence electrons. The van der Waals surface area contributed by atoms with Crippen molar-refractivity contribution in [3.05, 3.63) is 0 Å². The highest BCUT2D eigenvalue weighted by Gasteiger charge is 2.80. The third kappa shape index (κ3) is 5.87. The van der Waals surface area contributed by atoms with E-state index in [9.17, 15) is 31.5 Å². The molecule has 0 radical (unpaired) electrons. The summed E-state index contributed by atoms with van der Waals surface area (Å²) < 4.78 is 83.2. The van der Waals surface area contributed by atoms with E-state index in [1.807, 2.05) is 0 Å². The average molecular weight is 422 g/mol. The standard InChI is InChI=1S/C16H27F5O5Si/c1-8-10(3)24-12(22)14(26-27(5,6)7,13(23)25-11(4)9-2)15(17,18)16(19,20)21/h10-11H,8-9H2,1-7H3. The number of carbonyl (C=O) groups is 2. The monoisotopic (exact) mass is 422 g/mol. The largest absolute Gasteiger partial charge is 0.460 e. The Kier molecular flexibility index (Phi) is 8.44. The molecular formula is C16H27F5O5Si. The fraction of sp³-hybridized carbons (Fsp3) is 0.875. The summed E-state index contributed by atoms with van der Waals surface area (Å²) in [5.74, 6) is -10.1. The zero-order valence-corrected chi connectivity index (χ0v) is 17.5. The second-order valence-electron chi connectivity index (χ2n) is 7.22. The van der Waals surface area contributed by atoms with Crippen molar-refractivity contribution in [1.82, 2.24) is 0 Å². The SMILES string of the molecule is CCC(C)OC(=O)C(O[Si](C)(C)C)(C(=O)OC(C)CC)C(F)(F)C(F)(F)F. The molecule has 27 heavy (non-hydrogen) atoms. The Morgan fingerprint density at radius 3 is 1.41 bits per heavy atom. The minimum Gasteiger partial charge on any atom is -0.460 e. The summed E-state index contributed by atoms with van der Waals surface area (Å²) in [5, 5.41) is 0. The van der Waals surface area contributed by atoms with E-state index in [1.165, 1.54) is 47.3 Å². The van der Waals surface area contributed by atoms with Gasteiger partial charge in [-0.2, -0.15) is 22.0 Å². The van der Waals surface area contributed by atoms with Gasteiger partial charge in [0, 0.05) is 0 Å². The number of rotatable bonds is 9. The van der Waals surface area contributed by atoms with Crippen molar-refractivity contribution in [2.75, 3.05) is 0 Å². The van der Waals surface area contributed by atoms with E-state index in [0.717, 1.165) is 0 Å². The zero-order chi connectivity index (χ0) is 21.8. The second-order valence-corrected chi connectivity index (χ2v) is 11.6. The van der Waals surface area contributed by atoms with Gasteiger partial charge < -0.3 is 13.9 Å². The number of hydrogen-bond acceptors (Lipinski definition) is 5. The number of alkyl halides is 5. The molecule has 5 nitrogen and oxygen atoms in total. The quantitative estimate of drug-likeness (QED) is 0.238. The summed E-state index contributed by atoms with van der Waals surface area (Å²) in [5.41, 5.74) is -4.28. The van der Waals surface area contributed by atoms with Gasteiger partial charge in [-0.3, -0.25) is 0 Å². The third-order valence-electron chi connectivity index (χ3n) is 3.60. The topological polar surface area (TPSA) is 61.8 Å². The number of hydrogen-bond donors (Lipinski definition) is 0. The molecular weight excluding hydrogens is 395 g/mol. The van der Waals surface area contributed by atoms with Crippen LogP contribution in [0.2, 0.25) is 19.6 Å². The lowest BCUT2D eigenvalue weighted by Gasteiger charge is -2.40. The Balaban J connectivity index is 6.64. The second kappa shape index (κ2) is 8.85. The lowest BCUT2D eigenvalue weighted by molar-refractivity contribution is -0.331. The van der Waals surface area contributed by atoms with Gasteiger partial charge in [0.15, 0.2) is 8.32 Å². The van der Waals surface area contributed by atoms with Crippen molar-refractivity contribution in [2.24, 2.45) is 0 Å². The number of ether oxygens (including phenoxy) is 2. The minimum absolute atomic E-state index is 0.132. The van der Waals surface area contributed by atoms with Crippen LogP contribution in [0.15, 0.2) is 0 Å². The van der Waals surface area contributed by atoms with Gasteiger partial charge in [-0.1, -0.05) is 13.8 Å². The molecule has 11 heteroatoms. The van der Waals surface area contributed by atoms with Gasteiger partial charge in [-0.15, -0.1) is 0 Å². The summed E-state index contributed by atoms with van der Waals surface area (Å²) in [4.78, 5) is 25.0. The summed E-state index contributed by atoms with van der Waals surface area (Å²) in [6, 6.07) is 0. The molecule has 0 aliphatic carbocycles. The molecule has 0 fully saturated rings. The molecule has 0 bridgehead atoms. The van der Waals surface area contributed by atoms with Crippen LogP contribution >= 0.6 is 0 Å². The normalized spacial score (nSPS) is 17.6. The summed E-state index contributed by atoms with van der Waals surface area (Å²) in [6.45, 7) is 9.44. The first-order valence-electron chi connectivity index (χ1n) is 8.53. The molecule has 0 aliphatic rings. The molecule has 0 aromatic heterocycles. The molecule has 0 saturated heterocycles. The molecule has 0 saturated carbocycles. The molecule has 0 aromatic carbocycles.